The number of fused-ring (bicyclic) bond motifs is 8. The summed E-state index contributed by atoms with van der Waals surface area (Å²) in [5.74, 6) is 0. The molecule has 230 valence electrons. The van der Waals surface area contributed by atoms with Crippen molar-refractivity contribution in [1.29, 1.82) is 0 Å². The summed E-state index contributed by atoms with van der Waals surface area (Å²) in [4.78, 5) is 0. The zero-order valence-electron chi connectivity index (χ0n) is 28.0. The van der Waals surface area contributed by atoms with Crippen molar-refractivity contribution in [3.8, 4) is 33.4 Å². The van der Waals surface area contributed by atoms with E-state index >= 15 is 0 Å². The molecule has 0 saturated heterocycles. The second-order valence-corrected chi connectivity index (χ2v) is 19.6. The van der Waals surface area contributed by atoms with E-state index in [1.807, 2.05) is 0 Å². The molecule has 0 unspecified atom stereocenters. The lowest BCUT2D eigenvalue weighted by atomic mass is 9.82. The van der Waals surface area contributed by atoms with Gasteiger partial charge in [0.15, 0.2) is 0 Å². The zero-order valence-corrected chi connectivity index (χ0v) is 29.0. The van der Waals surface area contributed by atoms with Gasteiger partial charge in [-0.05, 0) is 111 Å². The van der Waals surface area contributed by atoms with E-state index in [1.165, 1.54) is 87.2 Å². The minimum absolute atomic E-state index is 0.0336. The van der Waals surface area contributed by atoms with Crippen LogP contribution in [0.2, 0.25) is 13.1 Å². The summed E-state index contributed by atoms with van der Waals surface area (Å²) in [6.07, 6.45) is 0. The van der Waals surface area contributed by atoms with Crippen molar-refractivity contribution >= 4 is 72.7 Å². The maximum Gasteiger partial charge on any atom is 0.136 e. The molecule has 2 heterocycles. The first-order chi connectivity index (χ1) is 23.2. The zero-order chi connectivity index (χ0) is 32.5. The first-order valence-corrected chi connectivity index (χ1v) is 20.1. The van der Waals surface area contributed by atoms with E-state index in [2.05, 4.69) is 161 Å². The van der Waals surface area contributed by atoms with Crippen molar-refractivity contribution < 1.29 is 4.42 Å². The summed E-state index contributed by atoms with van der Waals surface area (Å²) in [6, 6.07) is 47.9. The summed E-state index contributed by atoms with van der Waals surface area (Å²) in [7, 11) is -1.95. The third-order valence-corrected chi connectivity index (χ3v) is 14.7. The molecule has 1 aliphatic rings. The second-order valence-electron chi connectivity index (χ2n) is 15.3. The first kappa shape index (κ1) is 27.9. The van der Waals surface area contributed by atoms with Gasteiger partial charge in [0.1, 0.15) is 19.2 Å². The molecule has 1 aromatic heterocycles. The van der Waals surface area contributed by atoms with E-state index in [0.717, 1.165) is 11.2 Å². The SMILES string of the molecule is CC(C)(C)c1ccc2c(c1)oc1cc3c(-c4ccccc4)cc4c5c(cc6c(-c7ccccc7)cc(c12)c3c64)[Si](C)(C)c1ccccc1-5. The van der Waals surface area contributed by atoms with Gasteiger partial charge in [0.2, 0.25) is 0 Å². The van der Waals surface area contributed by atoms with Crippen LogP contribution in [-0.2, 0) is 5.41 Å². The topological polar surface area (TPSA) is 13.1 Å². The molecule has 0 radical (unpaired) electrons. The van der Waals surface area contributed by atoms with Gasteiger partial charge in [-0.15, -0.1) is 0 Å². The van der Waals surface area contributed by atoms with Crippen LogP contribution in [0.5, 0.6) is 0 Å². The number of hydrogen-bond donors (Lipinski definition) is 0. The van der Waals surface area contributed by atoms with Crippen LogP contribution in [0.3, 0.4) is 0 Å². The Morgan fingerprint density at radius 1 is 0.458 bits per heavy atom. The second kappa shape index (κ2) is 9.46. The Labute approximate surface area is 281 Å². The molecule has 8 aromatic carbocycles. The number of benzene rings is 8. The Morgan fingerprint density at radius 3 is 1.75 bits per heavy atom. The molecule has 0 amide bonds. The molecular weight excluding hydrogens is 597 g/mol. The molecule has 0 fully saturated rings. The van der Waals surface area contributed by atoms with Crippen LogP contribution < -0.4 is 10.4 Å². The largest absolute Gasteiger partial charge is 0.456 e. The molecule has 0 N–H and O–H groups in total. The van der Waals surface area contributed by atoms with E-state index in [4.69, 9.17) is 4.42 Å². The fourth-order valence-corrected chi connectivity index (χ4v) is 11.8. The van der Waals surface area contributed by atoms with Gasteiger partial charge in [-0.3, -0.25) is 0 Å². The highest BCUT2D eigenvalue weighted by Gasteiger charge is 2.39. The maximum atomic E-state index is 6.83. The van der Waals surface area contributed by atoms with E-state index in [-0.39, 0.29) is 5.41 Å². The van der Waals surface area contributed by atoms with Crippen LogP contribution in [0.1, 0.15) is 26.3 Å². The molecule has 48 heavy (non-hydrogen) atoms. The summed E-state index contributed by atoms with van der Waals surface area (Å²) < 4.78 is 6.83. The minimum atomic E-state index is -1.95. The van der Waals surface area contributed by atoms with Crippen LogP contribution in [0.4, 0.5) is 0 Å². The minimum Gasteiger partial charge on any atom is -0.456 e. The van der Waals surface area contributed by atoms with Crippen LogP contribution in [0, 0.1) is 0 Å². The predicted octanol–water partition coefficient (Wildman–Crippen LogP) is 11.9. The van der Waals surface area contributed by atoms with Crippen molar-refractivity contribution in [3.05, 3.63) is 133 Å². The van der Waals surface area contributed by atoms with Crippen LogP contribution in [0.15, 0.2) is 132 Å². The fraction of sp³-hybridized carbons (Fsp3) is 0.130. The molecule has 0 saturated carbocycles. The number of hydrogen-bond acceptors (Lipinski definition) is 1. The standard InChI is InChI=1S/C46H36OSi/c1-46(2,3)29-20-21-30-38(22-29)47-39-25-34-32(27-14-8-6-9-15-27)24-37-43-31-18-12-13-19-40(31)48(4,5)41(43)26-35-33(28-16-10-7-11-17-28)23-36(42(30)39)44(34)45(35)37/h6-26H,1-5H3. The number of furan rings is 1. The summed E-state index contributed by atoms with van der Waals surface area (Å²) in [6.45, 7) is 11.9. The van der Waals surface area contributed by atoms with Gasteiger partial charge in [0.05, 0.1) is 0 Å². The Kier molecular flexibility index (Phi) is 5.50. The highest BCUT2D eigenvalue weighted by atomic mass is 28.3. The van der Waals surface area contributed by atoms with Crippen molar-refractivity contribution in [2.45, 2.75) is 39.3 Å². The molecule has 10 rings (SSSR count). The molecule has 2 heteroatoms. The molecule has 0 aliphatic carbocycles. The maximum absolute atomic E-state index is 6.83. The Bertz CT molecular complexity index is 2760. The van der Waals surface area contributed by atoms with Crippen molar-refractivity contribution in [2.75, 3.05) is 0 Å². The van der Waals surface area contributed by atoms with Gasteiger partial charge in [-0.25, -0.2) is 0 Å². The van der Waals surface area contributed by atoms with E-state index in [0.29, 0.717) is 0 Å². The quantitative estimate of drug-likeness (QED) is 0.136. The van der Waals surface area contributed by atoms with Crippen LogP contribution in [0.25, 0.3) is 87.6 Å². The first-order valence-electron chi connectivity index (χ1n) is 17.1. The lowest BCUT2D eigenvalue weighted by Gasteiger charge is -2.23. The van der Waals surface area contributed by atoms with Gasteiger partial charge in [-0.1, -0.05) is 137 Å². The highest BCUT2D eigenvalue weighted by molar-refractivity contribution is 7.04. The van der Waals surface area contributed by atoms with Crippen LogP contribution in [-0.4, -0.2) is 8.07 Å². The molecule has 1 nitrogen and oxygen atoms in total. The summed E-state index contributed by atoms with van der Waals surface area (Å²) in [5, 5.41) is 13.4. The third kappa shape index (κ3) is 3.67. The van der Waals surface area contributed by atoms with Gasteiger partial charge in [0.25, 0.3) is 0 Å². The van der Waals surface area contributed by atoms with Crippen molar-refractivity contribution in [1.82, 2.24) is 0 Å². The normalized spacial score (nSPS) is 14.1. The molecule has 1 aliphatic heterocycles. The van der Waals surface area contributed by atoms with E-state index in [1.54, 1.807) is 5.19 Å². The Morgan fingerprint density at radius 2 is 1.06 bits per heavy atom. The molecule has 0 spiro atoms. The van der Waals surface area contributed by atoms with Crippen LogP contribution >= 0.6 is 0 Å². The summed E-state index contributed by atoms with van der Waals surface area (Å²) in [5.41, 5.74) is 11.1. The average molecular weight is 633 g/mol. The van der Waals surface area contributed by atoms with E-state index in [9.17, 15) is 0 Å². The number of rotatable bonds is 2. The highest BCUT2D eigenvalue weighted by Crippen LogP contribution is 2.51. The molecule has 9 aromatic rings. The van der Waals surface area contributed by atoms with E-state index < -0.39 is 8.07 Å². The Balaban J connectivity index is 1.48. The monoisotopic (exact) mass is 632 g/mol. The van der Waals surface area contributed by atoms with Crippen molar-refractivity contribution in [2.24, 2.45) is 0 Å². The van der Waals surface area contributed by atoms with Gasteiger partial charge < -0.3 is 4.42 Å². The molecule has 0 atom stereocenters. The van der Waals surface area contributed by atoms with Gasteiger partial charge >= 0.3 is 0 Å². The molecule has 0 bridgehead atoms. The van der Waals surface area contributed by atoms with Gasteiger partial charge in [0, 0.05) is 10.8 Å². The smallest absolute Gasteiger partial charge is 0.136 e. The Hall–Kier alpha value is -5.18. The fourth-order valence-electron chi connectivity index (χ4n) is 8.72. The predicted molar refractivity (Wildman–Crippen MR) is 209 cm³/mol. The molecular formula is C46H36OSi. The van der Waals surface area contributed by atoms with Gasteiger partial charge in [-0.2, -0.15) is 0 Å². The summed E-state index contributed by atoms with van der Waals surface area (Å²) >= 11 is 0. The van der Waals surface area contributed by atoms with Crippen molar-refractivity contribution in [3.63, 3.8) is 0 Å². The average Bonchev–Trinajstić information content (AvgIpc) is 3.58. The lowest BCUT2D eigenvalue weighted by molar-refractivity contribution is 0.587. The lowest BCUT2D eigenvalue weighted by Crippen LogP contribution is -2.49. The third-order valence-electron chi connectivity index (χ3n) is 11.2.